The normalized spacial score (nSPS) is 23.6. The molecule has 0 saturated carbocycles. The number of fused-ring (bicyclic) bond motifs is 5. The van der Waals surface area contributed by atoms with Crippen molar-refractivity contribution in [3.63, 3.8) is 0 Å². The molecule has 140 valence electrons. The van der Waals surface area contributed by atoms with Crippen LogP contribution in [0.15, 0.2) is 41.2 Å². The van der Waals surface area contributed by atoms with Crippen molar-refractivity contribution in [2.24, 2.45) is 5.92 Å². The predicted molar refractivity (Wildman–Crippen MR) is 99.8 cm³/mol. The number of ether oxygens (including phenoxy) is 2. The Balaban J connectivity index is 1.32. The van der Waals surface area contributed by atoms with Gasteiger partial charge in [0.15, 0.2) is 17.3 Å². The predicted octanol–water partition coefficient (Wildman–Crippen LogP) is 1.92. The first-order valence-electron chi connectivity index (χ1n) is 9.52. The molecule has 6 heteroatoms. The molecule has 0 unspecified atom stereocenters. The van der Waals surface area contributed by atoms with E-state index in [9.17, 15) is 9.59 Å². The first-order chi connectivity index (χ1) is 13.2. The highest BCUT2D eigenvalue weighted by atomic mass is 16.6. The average molecular weight is 366 g/mol. The number of benzene rings is 1. The Morgan fingerprint density at radius 2 is 1.89 bits per heavy atom. The van der Waals surface area contributed by atoms with Gasteiger partial charge in [-0.2, -0.15) is 0 Å². The molecule has 2 aromatic rings. The van der Waals surface area contributed by atoms with E-state index in [2.05, 4.69) is 11.0 Å². The maximum Gasteiger partial charge on any atom is 0.250 e. The van der Waals surface area contributed by atoms with Gasteiger partial charge in [0, 0.05) is 42.9 Å². The molecule has 0 aliphatic carbocycles. The fourth-order valence-corrected chi connectivity index (χ4v) is 4.64. The summed E-state index contributed by atoms with van der Waals surface area (Å²) < 4.78 is 13.0. The third kappa shape index (κ3) is 3.04. The molecule has 2 bridgehead atoms. The Morgan fingerprint density at radius 3 is 2.78 bits per heavy atom. The van der Waals surface area contributed by atoms with E-state index in [1.165, 1.54) is 0 Å². The van der Waals surface area contributed by atoms with Crippen LogP contribution in [0, 0.1) is 5.92 Å². The first-order valence-corrected chi connectivity index (χ1v) is 9.52. The maximum atomic E-state index is 12.8. The summed E-state index contributed by atoms with van der Waals surface area (Å²) in [5, 5.41) is 0. The zero-order chi connectivity index (χ0) is 18.4. The van der Waals surface area contributed by atoms with E-state index in [0.29, 0.717) is 48.7 Å². The number of Topliss-reactive ketones (excluding diaryl/α,β-unsaturated/α-hetero) is 1. The molecule has 1 saturated heterocycles. The minimum Gasteiger partial charge on any atom is -0.486 e. The number of carbonyl (C=O) groups excluding carboxylic acids is 1. The molecule has 6 nitrogen and oxygen atoms in total. The van der Waals surface area contributed by atoms with Crippen LogP contribution in [-0.2, 0) is 6.54 Å². The minimum atomic E-state index is 0.0861. The number of aromatic nitrogens is 1. The summed E-state index contributed by atoms with van der Waals surface area (Å²) in [6.07, 6.45) is 1.10. The molecule has 2 atom stereocenters. The Kier molecular flexibility index (Phi) is 4.01. The van der Waals surface area contributed by atoms with Crippen LogP contribution in [0.1, 0.15) is 28.4 Å². The standard InChI is InChI=1S/C21H22N2O4/c24-18(15-4-5-19-20(9-15)27-7-6-26-19)13-22-10-14-8-16(12-22)17-2-1-3-21(25)23(17)11-14/h1-5,9,14,16H,6-8,10-13H2/t14-,16+/m1/s1. The lowest BCUT2D eigenvalue weighted by molar-refractivity contribution is 0.0816. The zero-order valence-electron chi connectivity index (χ0n) is 15.1. The summed E-state index contributed by atoms with van der Waals surface area (Å²) in [6.45, 7) is 3.87. The third-order valence-corrected chi connectivity index (χ3v) is 5.79. The van der Waals surface area contributed by atoms with E-state index < -0.39 is 0 Å². The van der Waals surface area contributed by atoms with Gasteiger partial charge in [0.1, 0.15) is 13.2 Å². The Bertz CT molecular complexity index is 951. The van der Waals surface area contributed by atoms with Crippen molar-refractivity contribution in [2.45, 2.75) is 18.9 Å². The monoisotopic (exact) mass is 366 g/mol. The van der Waals surface area contributed by atoms with Gasteiger partial charge >= 0.3 is 0 Å². The van der Waals surface area contributed by atoms with Crippen molar-refractivity contribution >= 4 is 5.78 Å². The molecule has 1 aromatic carbocycles. The van der Waals surface area contributed by atoms with E-state index in [-0.39, 0.29) is 11.3 Å². The number of rotatable bonds is 3. The average Bonchev–Trinajstić information content (AvgIpc) is 2.68. The molecule has 0 N–H and O–H groups in total. The van der Waals surface area contributed by atoms with Crippen molar-refractivity contribution in [1.29, 1.82) is 0 Å². The van der Waals surface area contributed by atoms with Crippen LogP contribution in [-0.4, -0.2) is 48.1 Å². The highest BCUT2D eigenvalue weighted by Gasteiger charge is 2.35. The number of hydrogen-bond donors (Lipinski definition) is 0. The summed E-state index contributed by atoms with van der Waals surface area (Å²) in [4.78, 5) is 27.2. The van der Waals surface area contributed by atoms with E-state index in [1.54, 1.807) is 12.1 Å². The number of pyridine rings is 1. The lowest BCUT2D eigenvalue weighted by Crippen LogP contribution is -2.48. The van der Waals surface area contributed by atoms with Crippen molar-refractivity contribution < 1.29 is 14.3 Å². The van der Waals surface area contributed by atoms with Crippen LogP contribution in [0.5, 0.6) is 11.5 Å². The van der Waals surface area contributed by atoms with Gasteiger partial charge < -0.3 is 14.0 Å². The smallest absolute Gasteiger partial charge is 0.250 e. The molecule has 0 radical (unpaired) electrons. The summed E-state index contributed by atoms with van der Waals surface area (Å²) >= 11 is 0. The van der Waals surface area contributed by atoms with Crippen molar-refractivity contribution in [2.75, 3.05) is 32.8 Å². The highest BCUT2D eigenvalue weighted by Crippen LogP contribution is 2.35. The van der Waals surface area contributed by atoms with Crippen LogP contribution in [0.2, 0.25) is 0 Å². The molecule has 1 aromatic heterocycles. The van der Waals surface area contributed by atoms with Gasteiger partial charge in [-0.05, 0) is 36.6 Å². The topological polar surface area (TPSA) is 60.8 Å². The quantitative estimate of drug-likeness (QED) is 0.777. The molecular formula is C21H22N2O4. The summed E-state index contributed by atoms with van der Waals surface area (Å²) in [6, 6.07) is 10.9. The number of piperidine rings is 1. The molecule has 3 aliphatic rings. The van der Waals surface area contributed by atoms with E-state index in [1.807, 2.05) is 22.8 Å². The lowest BCUT2D eigenvalue weighted by atomic mass is 9.83. The minimum absolute atomic E-state index is 0.0861. The zero-order valence-corrected chi connectivity index (χ0v) is 15.1. The van der Waals surface area contributed by atoms with Gasteiger partial charge in [-0.3, -0.25) is 14.5 Å². The van der Waals surface area contributed by atoms with Crippen LogP contribution in [0.25, 0.3) is 0 Å². The van der Waals surface area contributed by atoms with E-state index >= 15 is 0 Å². The van der Waals surface area contributed by atoms with Gasteiger partial charge in [0.05, 0.1) is 6.54 Å². The van der Waals surface area contributed by atoms with Gasteiger partial charge in [-0.15, -0.1) is 0 Å². The van der Waals surface area contributed by atoms with E-state index in [4.69, 9.17) is 9.47 Å². The van der Waals surface area contributed by atoms with Crippen LogP contribution < -0.4 is 15.0 Å². The summed E-state index contributed by atoms with van der Waals surface area (Å²) in [7, 11) is 0. The summed E-state index contributed by atoms with van der Waals surface area (Å²) in [5.74, 6) is 2.18. The fraction of sp³-hybridized carbons (Fsp3) is 0.429. The van der Waals surface area contributed by atoms with Crippen molar-refractivity contribution in [3.05, 3.63) is 58.0 Å². The lowest BCUT2D eigenvalue weighted by Gasteiger charge is -2.42. The number of carbonyl (C=O) groups is 1. The molecule has 1 fully saturated rings. The third-order valence-electron chi connectivity index (χ3n) is 5.79. The van der Waals surface area contributed by atoms with E-state index in [0.717, 1.165) is 31.7 Å². The Morgan fingerprint density at radius 1 is 1.04 bits per heavy atom. The number of hydrogen-bond acceptors (Lipinski definition) is 5. The van der Waals surface area contributed by atoms with Gasteiger partial charge in [0.2, 0.25) is 0 Å². The number of nitrogens with zero attached hydrogens (tertiary/aromatic N) is 2. The summed E-state index contributed by atoms with van der Waals surface area (Å²) in [5.41, 5.74) is 1.85. The van der Waals surface area contributed by atoms with Crippen molar-refractivity contribution in [3.8, 4) is 11.5 Å². The largest absolute Gasteiger partial charge is 0.486 e. The molecule has 27 heavy (non-hydrogen) atoms. The molecule has 0 spiro atoms. The fourth-order valence-electron chi connectivity index (χ4n) is 4.64. The second kappa shape index (κ2) is 6.53. The molecule has 4 heterocycles. The van der Waals surface area contributed by atoms with Crippen LogP contribution >= 0.6 is 0 Å². The molecule has 0 amide bonds. The first kappa shape index (κ1) is 16.6. The van der Waals surface area contributed by atoms with Gasteiger partial charge in [0.25, 0.3) is 5.56 Å². The number of likely N-dealkylation sites (tertiary alicyclic amines) is 1. The second-order valence-electron chi connectivity index (χ2n) is 7.67. The second-order valence-corrected chi connectivity index (χ2v) is 7.67. The molecule has 3 aliphatic heterocycles. The van der Waals surface area contributed by atoms with Crippen LogP contribution in [0.4, 0.5) is 0 Å². The SMILES string of the molecule is O=C(CN1C[C@H]2C[C@@H](C1)c1cccc(=O)n1C2)c1ccc2c(c1)OCCO2. The van der Waals surface area contributed by atoms with Crippen LogP contribution in [0.3, 0.4) is 0 Å². The van der Waals surface area contributed by atoms with Gasteiger partial charge in [-0.1, -0.05) is 6.07 Å². The van der Waals surface area contributed by atoms with Gasteiger partial charge in [-0.25, -0.2) is 0 Å². The Labute approximate surface area is 157 Å². The Hall–Kier alpha value is -2.60. The maximum absolute atomic E-state index is 12.8. The molecule has 5 rings (SSSR count). The number of ketones is 1. The highest BCUT2D eigenvalue weighted by molar-refractivity contribution is 5.98. The van der Waals surface area contributed by atoms with Crippen molar-refractivity contribution in [1.82, 2.24) is 9.47 Å². The molecular weight excluding hydrogens is 344 g/mol.